The molecule has 3 heterocycles. The highest BCUT2D eigenvalue weighted by atomic mass is 16.6. The van der Waals surface area contributed by atoms with Gasteiger partial charge in [0.05, 0.1) is 56.9 Å². The van der Waals surface area contributed by atoms with Crippen LogP contribution in [0.5, 0.6) is 11.5 Å². The van der Waals surface area contributed by atoms with Gasteiger partial charge in [0.15, 0.2) is 0 Å². The van der Waals surface area contributed by atoms with E-state index in [0.29, 0.717) is 53.9 Å². The van der Waals surface area contributed by atoms with Gasteiger partial charge >= 0.3 is 5.97 Å². The molecule has 2 atom stereocenters. The first kappa shape index (κ1) is 29.3. The molecule has 0 bridgehead atoms. The predicted molar refractivity (Wildman–Crippen MR) is 157 cm³/mol. The summed E-state index contributed by atoms with van der Waals surface area (Å²) in [6.07, 6.45) is 7.84. The Bertz CT molecular complexity index is 1460. The number of esters is 1. The second-order valence-electron chi connectivity index (χ2n) is 12.0. The summed E-state index contributed by atoms with van der Waals surface area (Å²) in [7, 11) is 5.04. The smallest absolute Gasteiger partial charge is 0.306 e. The highest BCUT2D eigenvalue weighted by molar-refractivity contribution is 6.03. The van der Waals surface area contributed by atoms with Crippen molar-refractivity contribution in [3.05, 3.63) is 47.4 Å². The van der Waals surface area contributed by atoms with E-state index in [4.69, 9.17) is 24.2 Å². The quantitative estimate of drug-likeness (QED) is 0.360. The lowest BCUT2D eigenvalue weighted by Gasteiger charge is -2.32. The molecule has 1 saturated carbocycles. The zero-order chi connectivity index (χ0) is 30.0. The van der Waals surface area contributed by atoms with E-state index in [2.05, 4.69) is 10.4 Å². The lowest BCUT2D eigenvalue weighted by atomic mass is 9.82. The van der Waals surface area contributed by atoms with Crippen molar-refractivity contribution in [1.82, 2.24) is 24.6 Å². The fourth-order valence-corrected chi connectivity index (χ4v) is 5.79. The molecule has 11 heteroatoms. The van der Waals surface area contributed by atoms with Gasteiger partial charge < -0.3 is 24.4 Å². The number of benzene rings is 1. The molecule has 5 rings (SSSR count). The monoisotopic (exact) mass is 576 g/mol. The summed E-state index contributed by atoms with van der Waals surface area (Å²) < 4.78 is 18.2. The summed E-state index contributed by atoms with van der Waals surface area (Å²) in [5, 5.41) is 7.85. The van der Waals surface area contributed by atoms with Crippen LogP contribution < -0.4 is 14.8 Å². The minimum atomic E-state index is -0.523. The van der Waals surface area contributed by atoms with Crippen molar-refractivity contribution in [2.75, 3.05) is 19.5 Å². The summed E-state index contributed by atoms with van der Waals surface area (Å²) >= 11 is 0. The molecule has 0 spiro atoms. The Morgan fingerprint density at radius 3 is 2.60 bits per heavy atom. The zero-order valence-electron chi connectivity index (χ0n) is 25.3. The van der Waals surface area contributed by atoms with Crippen LogP contribution in [0.3, 0.4) is 0 Å². The second-order valence-corrected chi connectivity index (χ2v) is 12.0. The summed E-state index contributed by atoms with van der Waals surface area (Å²) in [4.78, 5) is 37.9. The van der Waals surface area contributed by atoms with Crippen LogP contribution in [0.1, 0.15) is 74.5 Å². The number of ether oxygens (including phenoxy) is 3. The fraction of sp³-hybridized carbons (Fsp3) is 0.516. The van der Waals surface area contributed by atoms with Gasteiger partial charge in [-0.3, -0.25) is 14.3 Å². The van der Waals surface area contributed by atoms with Crippen molar-refractivity contribution >= 4 is 17.8 Å². The minimum Gasteiger partial charge on any atom is -0.497 e. The molecule has 3 aromatic rings. The molecule has 1 aromatic carbocycles. The molecule has 42 heavy (non-hydrogen) atoms. The molecule has 1 aliphatic carbocycles. The summed E-state index contributed by atoms with van der Waals surface area (Å²) in [5.74, 6) is 1.54. The third kappa shape index (κ3) is 6.50. The Hall–Kier alpha value is -4.15. The van der Waals surface area contributed by atoms with E-state index < -0.39 is 5.60 Å². The maximum Gasteiger partial charge on any atom is 0.306 e. The van der Waals surface area contributed by atoms with E-state index in [1.807, 2.05) is 52.2 Å². The lowest BCUT2D eigenvalue weighted by molar-refractivity contribution is -0.156. The zero-order valence-corrected chi connectivity index (χ0v) is 25.3. The van der Waals surface area contributed by atoms with Crippen molar-refractivity contribution in [1.29, 1.82) is 0 Å². The molecule has 11 nitrogen and oxygen atoms in total. The Balaban J connectivity index is 1.43. The first-order valence-corrected chi connectivity index (χ1v) is 14.4. The van der Waals surface area contributed by atoms with E-state index in [1.54, 1.807) is 30.0 Å². The highest BCUT2D eigenvalue weighted by Gasteiger charge is 2.35. The van der Waals surface area contributed by atoms with Crippen LogP contribution in [0.15, 0.2) is 30.6 Å². The molecule has 2 aliphatic rings. The van der Waals surface area contributed by atoms with E-state index in [-0.39, 0.29) is 23.8 Å². The molecular weight excluding hydrogens is 536 g/mol. The molecule has 1 fully saturated rings. The molecule has 0 unspecified atom stereocenters. The van der Waals surface area contributed by atoms with Crippen LogP contribution >= 0.6 is 0 Å². The number of hydrogen-bond donors (Lipinski definition) is 1. The average Bonchev–Trinajstić information content (AvgIpc) is 3.51. The minimum absolute atomic E-state index is 0.0165. The van der Waals surface area contributed by atoms with Gasteiger partial charge in [-0.1, -0.05) is 12.8 Å². The summed E-state index contributed by atoms with van der Waals surface area (Å²) in [6.45, 7) is 6.33. The number of aromatic nitrogens is 4. The van der Waals surface area contributed by atoms with E-state index in [1.165, 1.54) is 0 Å². The first-order chi connectivity index (χ1) is 20.0. The molecule has 1 N–H and O–H groups in total. The van der Waals surface area contributed by atoms with Crippen LogP contribution in [0, 0.1) is 5.92 Å². The maximum atomic E-state index is 13.8. The molecule has 2 aromatic heterocycles. The predicted octanol–water partition coefficient (Wildman–Crippen LogP) is 4.75. The normalized spacial score (nSPS) is 18.5. The van der Waals surface area contributed by atoms with E-state index in [0.717, 1.165) is 36.8 Å². The van der Waals surface area contributed by atoms with Gasteiger partial charge in [0, 0.05) is 36.5 Å². The van der Waals surface area contributed by atoms with Crippen LogP contribution in [-0.2, 0) is 29.7 Å². The number of methoxy groups -OCH3 is 2. The number of carbonyl (C=O) groups is 2. The fourth-order valence-electron chi connectivity index (χ4n) is 5.79. The number of nitrogens with one attached hydrogen (secondary N) is 1. The van der Waals surface area contributed by atoms with Gasteiger partial charge in [0.1, 0.15) is 17.1 Å². The highest BCUT2D eigenvalue weighted by Crippen LogP contribution is 2.35. The largest absolute Gasteiger partial charge is 0.497 e. The lowest BCUT2D eigenvalue weighted by Crippen LogP contribution is -2.36. The topological polar surface area (TPSA) is 121 Å². The molecule has 0 radical (unpaired) electrons. The van der Waals surface area contributed by atoms with Gasteiger partial charge in [-0.25, -0.2) is 9.97 Å². The Labute approximate surface area is 246 Å². The number of carbonyl (C=O) groups excluding carboxylic acids is 2. The van der Waals surface area contributed by atoms with Crippen molar-refractivity contribution in [3.63, 3.8) is 0 Å². The van der Waals surface area contributed by atoms with Crippen molar-refractivity contribution in [2.24, 2.45) is 13.0 Å². The number of anilines is 1. The first-order valence-electron chi connectivity index (χ1n) is 14.4. The van der Waals surface area contributed by atoms with Gasteiger partial charge in [0.25, 0.3) is 5.91 Å². The van der Waals surface area contributed by atoms with Crippen LogP contribution in [-0.4, -0.2) is 62.4 Å². The summed E-state index contributed by atoms with van der Waals surface area (Å²) in [6, 6.07) is 5.58. The Morgan fingerprint density at radius 1 is 1.12 bits per heavy atom. The molecule has 224 valence electrons. The Kier molecular flexibility index (Phi) is 8.38. The van der Waals surface area contributed by atoms with Crippen molar-refractivity contribution in [3.8, 4) is 22.8 Å². The van der Waals surface area contributed by atoms with E-state index >= 15 is 0 Å². The van der Waals surface area contributed by atoms with E-state index in [9.17, 15) is 9.59 Å². The molecular formula is C31H40N6O5. The number of hydrogen-bond acceptors (Lipinski definition) is 9. The van der Waals surface area contributed by atoms with Crippen molar-refractivity contribution in [2.45, 2.75) is 77.6 Å². The summed E-state index contributed by atoms with van der Waals surface area (Å²) in [5.41, 5.74) is 2.76. The molecule has 0 saturated heterocycles. The van der Waals surface area contributed by atoms with Gasteiger partial charge in [-0.2, -0.15) is 5.10 Å². The van der Waals surface area contributed by atoms with Gasteiger partial charge in [0.2, 0.25) is 5.95 Å². The second kappa shape index (κ2) is 12.0. The van der Waals surface area contributed by atoms with Crippen molar-refractivity contribution < 1.29 is 23.8 Å². The third-order valence-corrected chi connectivity index (χ3v) is 7.73. The Morgan fingerprint density at radius 2 is 1.90 bits per heavy atom. The van der Waals surface area contributed by atoms with Crippen LogP contribution in [0.2, 0.25) is 0 Å². The number of fused-ring (bicyclic) bond motifs is 1. The molecule has 1 amide bonds. The van der Waals surface area contributed by atoms with Gasteiger partial charge in [-0.15, -0.1) is 0 Å². The maximum absolute atomic E-state index is 13.8. The third-order valence-electron chi connectivity index (χ3n) is 7.73. The van der Waals surface area contributed by atoms with Crippen LogP contribution in [0.4, 0.5) is 5.95 Å². The number of amides is 1. The SMILES string of the molecule is COc1ccc(CN2Cc3nc(N[C@@H]4CCCC[C@@H]4CC(=O)OC(C)(C)C)nc(-c4cnn(C)c4)c3C2=O)c(OC)c1. The average molecular weight is 577 g/mol. The number of aryl methyl sites for hydroxylation is 1. The molecule has 1 aliphatic heterocycles. The van der Waals surface area contributed by atoms with Gasteiger partial charge in [-0.05, 0) is 51.7 Å². The van der Waals surface area contributed by atoms with Crippen LogP contribution in [0.25, 0.3) is 11.3 Å². The standard InChI is InChI=1S/C31H40N6O5/c1-31(2,3)42-26(38)13-19-9-7-8-10-23(19)33-30-34-24-18-37(17-20-11-12-22(40-5)14-25(20)41-6)29(39)27(24)28(35-30)21-15-32-36(4)16-21/h11-12,14-16,19,23H,7-10,13,17-18H2,1-6H3,(H,33,34,35)/t19-,23-/m1/s1. The number of nitrogens with zero attached hydrogens (tertiary/aromatic N) is 5. The number of rotatable bonds is 9.